The molecule has 86 valence electrons. The Bertz CT molecular complexity index is 370. The van der Waals surface area contributed by atoms with Crippen LogP contribution in [0.3, 0.4) is 0 Å². The minimum absolute atomic E-state index is 0.228. The minimum Gasteiger partial charge on any atom is -0.332 e. The lowest BCUT2D eigenvalue weighted by molar-refractivity contribution is -0.119. The van der Waals surface area contributed by atoms with Gasteiger partial charge in [-0.3, -0.25) is 9.52 Å². The molecule has 1 atom stereocenters. The van der Waals surface area contributed by atoms with Gasteiger partial charge >= 0.3 is 6.03 Å². The average molecular weight is 239 g/mol. The van der Waals surface area contributed by atoms with Crippen LogP contribution in [0.4, 0.5) is 4.79 Å². The molecule has 0 bridgehead atoms. The molecule has 1 rings (SSSR count). The monoisotopic (exact) mass is 239 g/mol. The Balaban J connectivity index is 2.79. The lowest BCUT2D eigenvalue weighted by Crippen LogP contribution is -2.42. The molecular formula is C10H13N3O2S. The molecule has 0 aliphatic heterocycles. The number of hydrogen-bond acceptors (Lipinski definition) is 3. The molecule has 1 unspecified atom stereocenters. The van der Waals surface area contributed by atoms with Gasteiger partial charge in [-0.2, -0.15) is 0 Å². The first kappa shape index (κ1) is 12.4. The van der Waals surface area contributed by atoms with Gasteiger partial charge in [-0.1, -0.05) is 43.1 Å². The van der Waals surface area contributed by atoms with E-state index in [2.05, 4.69) is 28.2 Å². The van der Waals surface area contributed by atoms with E-state index < -0.39 is 12.2 Å². The molecule has 0 spiro atoms. The van der Waals surface area contributed by atoms with Gasteiger partial charge in [0, 0.05) is 6.92 Å². The Morgan fingerprint density at radius 2 is 1.81 bits per heavy atom. The summed E-state index contributed by atoms with van der Waals surface area (Å²) in [6.45, 7) is 1.39. The van der Waals surface area contributed by atoms with Crippen molar-refractivity contribution in [3.05, 3.63) is 35.9 Å². The first-order valence-corrected chi connectivity index (χ1v) is 5.11. The van der Waals surface area contributed by atoms with Crippen LogP contribution in [0.5, 0.6) is 0 Å². The summed E-state index contributed by atoms with van der Waals surface area (Å²) in [7, 11) is 0. The van der Waals surface area contributed by atoms with E-state index in [9.17, 15) is 9.59 Å². The van der Waals surface area contributed by atoms with Crippen molar-refractivity contribution in [1.29, 1.82) is 0 Å². The van der Waals surface area contributed by atoms with E-state index >= 15 is 0 Å². The number of thiol groups is 1. The summed E-state index contributed by atoms with van der Waals surface area (Å²) in [6.07, 6.45) is -0.564. The van der Waals surface area contributed by atoms with Gasteiger partial charge in [-0.15, -0.1) is 0 Å². The maximum Gasteiger partial charge on any atom is 0.326 e. The standard InChI is InChI=1S/C10H13N3O2S/c1-7(14)11-9(12-10(15)13-16)8-5-3-2-4-6-8/h2-6,9,16H,1H3,(H,11,14)(H2,12,13,15). The van der Waals surface area contributed by atoms with Gasteiger partial charge < -0.3 is 10.6 Å². The molecule has 0 saturated heterocycles. The van der Waals surface area contributed by atoms with Crippen molar-refractivity contribution < 1.29 is 9.59 Å². The Morgan fingerprint density at radius 1 is 1.19 bits per heavy atom. The predicted molar refractivity (Wildman–Crippen MR) is 63.7 cm³/mol. The zero-order valence-electron chi connectivity index (χ0n) is 8.73. The summed E-state index contributed by atoms with van der Waals surface area (Å²) in [4.78, 5) is 22.1. The number of amides is 3. The van der Waals surface area contributed by atoms with Gasteiger partial charge in [0.2, 0.25) is 5.91 Å². The fourth-order valence-electron chi connectivity index (χ4n) is 1.21. The molecule has 0 aliphatic rings. The SMILES string of the molecule is CC(=O)NC(NC(=O)NS)c1ccccc1. The van der Waals surface area contributed by atoms with Crippen molar-refractivity contribution in [3.63, 3.8) is 0 Å². The number of benzene rings is 1. The number of hydrogen-bond donors (Lipinski definition) is 4. The van der Waals surface area contributed by atoms with Crippen LogP contribution in [0.15, 0.2) is 30.3 Å². The summed E-state index contributed by atoms with van der Waals surface area (Å²) in [6, 6.07) is 8.63. The number of rotatable bonds is 3. The van der Waals surface area contributed by atoms with Crippen molar-refractivity contribution in [2.45, 2.75) is 13.1 Å². The van der Waals surface area contributed by atoms with Crippen LogP contribution in [-0.2, 0) is 4.79 Å². The Morgan fingerprint density at radius 3 is 2.31 bits per heavy atom. The van der Waals surface area contributed by atoms with Gasteiger partial charge in [0.25, 0.3) is 0 Å². The highest BCUT2D eigenvalue weighted by atomic mass is 32.1. The maximum absolute atomic E-state index is 11.1. The third-order valence-electron chi connectivity index (χ3n) is 1.86. The van der Waals surface area contributed by atoms with E-state index in [0.717, 1.165) is 5.56 Å². The van der Waals surface area contributed by atoms with Crippen molar-refractivity contribution in [2.24, 2.45) is 0 Å². The highest BCUT2D eigenvalue weighted by Gasteiger charge is 2.13. The summed E-state index contributed by atoms with van der Waals surface area (Å²) in [5.74, 6) is -0.228. The summed E-state index contributed by atoms with van der Waals surface area (Å²) in [5, 5.41) is 5.17. The summed E-state index contributed by atoms with van der Waals surface area (Å²) in [5.41, 5.74) is 0.787. The number of carbonyl (C=O) groups is 2. The quantitative estimate of drug-likeness (QED) is 0.469. The van der Waals surface area contributed by atoms with Gasteiger partial charge in [-0.25, -0.2) is 4.79 Å². The average Bonchev–Trinajstić information content (AvgIpc) is 2.28. The van der Waals surface area contributed by atoms with Gasteiger partial charge in [0.15, 0.2) is 0 Å². The Kier molecular flexibility index (Phi) is 4.65. The molecule has 0 saturated carbocycles. The zero-order valence-corrected chi connectivity index (χ0v) is 9.62. The van der Waals surface area contributed by atoms with Gasteiger partial charge in [0.1, 0.15) is 6.17 Å². The van der Waals surface area contributed by atoms with Crippen LogP contribution < -0.4 is 15.4 Å². The fourth-order valence-corrected chi connectivity index (χ4v) is 1.28. The van der Waals surface area contributed by atoms with E-state index in [1.54, 1.807) is 12.1 Å². The number of carbonyl (C=O) groups excluding carboxylic acids is 2. The van der Waals surface area contributed by atoms with Crippen LogP contribution in [0.1, 0.15) is 18.7 Å². The molecular weight excluding hydrogens is 226 g/mol. The van der Waals surface area contributed by atoms with E-state index in [1.165, 1.54) is 6.92 Å². The van der Waals surface area contributed by atoms with Crippen LogP contribution >= 0.6 is 12.8 Å². The second-order valence-corrected chi connectivity index (χ2v) is 3.35. The molecule has 1 aromatic rings. The normalized spacial score (nSPS) is 11.4. The number of nitrogens with one attached hydrogen (secondary N) is 3. The number of urea groups is 1. The van der Waals surface area contributed by atoms with Crippen molar-refractivity contribution in [1.82, 2.24) is 15.4 Å². The van der Waals surface area contributed by atoms with Crippen LogP contribution in [0, 0.1) is 0 Å². The van der Waals surface area contributed by atoms with Crippen LogP contribution in [0.25, 0.3) is 0 Å². The summed E-state index contributed by atoms with van der Waals surface area (Å²) >= 11 is 3.62. The molecule has 16 heavy (non-hydrogen) atoms. The smallest absolute Gasteiger partial charge is 0.326 e. The second kappa shape index (κ2) is 6.02. The molecule has 0 heterocycles. The molecule has 0 aliphatic carbocycles. The first-order chi connectivity index (χ1) is 7.63. The van der Waals surface area contributed by atoms with Crippen LogP contribution in [-0.4, -0.2) is 11.9 Å². The van der Waals surface area contributed by atoms with Gasteiger partial charge in [0.05, 0.1) is 0 Å². The largest absolute Gasteiger partial charge is 0.332 e. The van der Waals surface area contributed by atoms with Crippen molar-refractivity contribution >= 4 is 24.8 Å². The highest BCUT2D eigenvalue weighted by molar-refractivity contribution is 7.78. The lowest BCUT2D eigenvalue weighted by Gasteiger charge is -2.19. The first-order valence-electron chi connectivity index (χ1n) is 4.66. The topological polar surface area (TPSA) is 70.2 Å². The highest BCUT2D eigenvalue weighted by Crippen LogP contribution is 2.08. The van der Waals surface area contributed by atoms with Crippen molar-refractivity contribution in [3.8, 4) is 0 Å². The Labute approximate surface area is 99.2 Å². The zero-order chi connectivity index (χ0) is 12.0. The lowest BCUT2D eigenvalue weighted by atomic mass is 10.2. The third kappa shape index (κ3) is 3.82. The summed E-state index contributed by atoms with van der Waals surface area (Å²) < 4.78 is 2.13. The minimum atomic E-state index is -0.564. The van der Waals surface area contributed by atoms with E-state index in [4.69, 9.17) is 0 Å². The van der Waals surface area contributed by atoms with E-state index in [1.807, 2.05) is 18.2 Å². The molecule has 3 amide bonds. The molecule has 3 N–H and O–H groups in total. The van der Waals surface area contributed by atoms with E-state index in [0.29, 0.717) is 0 Å². The fraction of sp³-hybridized carbons (Fsp3) is 0.200. The molecule has 0 fully saturated rings. The second-order valence-electron chi connectivity index (χ2n) is 3.13. The van der Waals surface area contributed by atoms with Crippen molar-refractivity contribution in [2.75, 3.05) is 0 Å². The van der Waals surface area contributed by atoms with E-state index in [-0.39, 0.29) is 5.91 Å². The molecule has 5 nitrogen and oxygen atoms in total. The maximum atomic E-state index is 11.1. The third-order valence-corrected chi connectivity index (χ3v) is 2.06. The predicted octanol–water partition coefficient (Wildman–Crippen LogP) is 0.965. The molecule has 0 aromatic heterocycles. The molecule has 0 radical (unpaired) electrons. The van der Waals surface area contributed by atoms with Gasteiger partial charge in [-0.05, 0) is 5.56 Å². The molecule has 6 heteroatoms. The Hall–Kier alpha value is -1.69. The van der Waals surface area contributed by atoms with Crippen LogP contribution in [0.2, 0.25) is 0 Å². The molecule has 1 aromatic carbocycles.